The molecule has 1 saturated heterocycles. The van der Waals surface area contributed by atoms with Crippen molar-refractivity contribution >= 4 is 35.2 Å². The van der Waals surface area contributed by atoms with E-state index in [2.05, 4.69) is 5.32 Å². The minimum Gasteiger partial charge on any atom is -0.452 e. The fourth-order valence-corrected chi connectivity index (χ4v) is 4.02. The summed E-state index contributed by atoms with van der Waals surface area (Å²) in [7, 11) is 0. The van der Waals surface area contributed by atoms with Crippen LogP contribution in [0.5, 0.6) is 0 Å². The molecule has 0 unspecified atom stereocenters. The lowest BCUT2D eigenvalue weighted by Gasteiger charge is -2.19. The molecule has 1 aliphatic heterocycles. The van der Waals surface area contributed by atoms with Crippen molar-refractivity contribution in [3.63, 3.8) is 0 Å². The Morgan fingerprint density at radius 1 is 1.13 bits per heavy atom. The highest BCUT2D eigenvalue weighted by Gasteiger charge is 2.47. The maximum Gasteiger partial charge on any atom is 0.308 e. The van der Waals surface area contributed by atoms with Gasteiger partial charge in [-0.25, -0.2) is 0 Å². The molecule has 3 rings (SSSR count). The van der Waals surface area contributed by atoms with Gasteiger partial charge in [-0.1, -0.05) is 25.0 Å². The summed E-state index contributed by atoms with van der Waals surface area (Å²) >= 11 is 0. The summed E-state index contributed by atoms with van der Waals surface area (Å²) in [6.45, 7) is 2.83. The Hall–Kier alpha value is -3.03. The highest BCUT2D eigenvalue weighted by molar-refractivity contribution is 6.05. The van der Waals surface area contributed by atoms with Crippen molar-refractivity contribution < 1.29 is 28.7 Å². The number of amides is 3. The Balaban J connectivity index is 1.49. The number of likely N-dealkylation sites (tertiary alicyclic amines) is 1. The zero-order valence-corrected chi connectivity index (χ0v) is 17.2. The molecule has 2 aliphatic rings. The number of benzene rings is 1. The maximum atomic E-state index is 12.4. The van der Waals surface area contributed by atoms with Crippen molar-refractivity contribution in [2.24, 2.45) is 11.8 Å². The number of carbonyl (C=O) groups is 5. The molecule has 8 nitrogen and oxygen atoms in total. The van der Waals surface area contributed by atoms with E-state index < -0.39 is 18.0 Å². The Bertz CT molecular complexity index is 856. The Morgan fingerprint density at radius 3 is 2.37 bits per heavy atom. The molecule has 1 heterocycles. The first-order valence-electron chi connectivity index (χ1n) is 10.2. The normalized spacial score (nSPS) is 21.7. The quantitative estimate of drug-likeness (QED) is 0.417. The third-order valence-electron chi connectivity index (χ3n) is 5.69. The average Bonchev–Trinajstić information content (AvgIpc) is 2.97. The molecular formula is C22H26N2O6. The molecule has 0 aromatic heterocycles. The van der Waals surface area contributed by atoms with E-state index >= 15 is 0 Å². The van der Waals surface area contributed by atoms with Gasteiger partial charge in [0.05, 0.1) is 18.3 Å². The van der Waals surface area contributed by atoms with Gasteiger partial charge in [-0.3, -0.25) is 28.9 Å². The van der Waals surface area contributed by atoms with E-state index in [9.17, 15) is 24.0 Å². The summed E-state index contributed by atoms with van der Waals surface area (Å²) in [5, 5.41) is 2.60. The van der Waals surface area contributed by atoms with Crippen LogP contribution in [0.1, 0.15) is 56.3 Å². The third-order valence-corrected chi connectivity index (χ3v) is 5.69. The van der Waals surface area contributed by atoms with Crippen molar-refractivity contribution in [1.29, 1.82) is 0 Å². The van der Waals surface area contributed by atoms with Gasteiger partial charge < -0.3 is 10.1 Å². The number of fused-ring (bicyclic) bond motifs is 1. The fourth-order valence-electron chi connectivity index (χ4n) is 4.02. The van der Waals surface area contributed by atoms with E-state index in [1.807, 2.05) is 0 Å². The minimum atomic E-state index is -1.06. The van der Waals surface area contributed by atoms with Gasteiger partial charge in [0.1, 0.15) is 0 Å². The molecule has 1 aromatic carbocycles. The molecule has 0 bridgehead atoms. The number of ether oxygens (including phenoxy) is 1. The third kappa shape index (κ3) is 4.75. The van der Waals surface area contributed by atoms with Crippen LogP contribution in [0.2, 0.25) is 0 Å². The summed E-state index contributed by atoms with van der Waals surface area (Å²) in [5.41, 5.74) is 0.879. The summed E-state index contributed by atoms with van der Waals surface area (Å²) in [6, 6.07) is 6.45. The second-order valence-electron chi connectivity index (χ2n) is 7.83. The van der Waals surface area contributed by atoms with Gasteiger partial charge in [0.15, 0.2) is 11.9 Å². The van der Waals surface area contributed by atoms with Gasteiger partial charge >= 0.3 is 5.97 Å². The van der Waals surface area contributed by atoms with Crippen molar-refractivity contribution in [3.8, 4) is 0 Å². The molecule has 160 valence electrons. The predicted molar refractivity (Wildman–Crippen MR) is 107 cm³/mol. The van der Waals surface area contributed by atoms with Crippen molar-refractivity contribution in [1.82, 2.24) is 4.90 Å². The van der Waals surface area contributed by atoms with Crippen molar-refractivity contribution in [2.75, 3.05) is 11.9 Å². The second-order valence-corrected chi connectivity index (χ2v) is 7.83. The largest absolute Gasteiger partial charge is 0.452 e. The Morgan fingerprint density at radius 2 is 1.77 bits per heavy atom. The summed E-state index contributed by atoms with van der Waals surface area (Å²) in [4.78, 5) is 61.9. The van der Waals surface area contributed by atoms with Crippen LogP contribution in [0.15, 0.2) is 24.3 Å². The summed E-state index contributed by atoms with van der Waals surface area (Å²) in [6.07, 6.45) is 2.10. The molecule has 3 atom stereocenters. The van der Waals surface area contributed by atoms with Crippen LogP contribution in [-0.4, -0.2) is 47.0 Å². The molecule has 2 fully saturated rings. The Kier molecular flexibility index (Phi) is 6.64. The lowest BCUT2D eigenvalue weighted by atomic mass is 9.81. The molecule has 30 heavy (non-hydrogen) atoms. The lowest BCUT2D eigenvalue weighted by molar-refractivity contribution is -0.154. The second kappa shape index (κ2) is 9.19. The van der Waals surface area contributed by atoms with Crippen LogP contribution in [0, 0.1) is 11.8 Å². The minimum absolute atomic E-state index is 0.0293. The number of anilines is 1. The van der Waals surface area contributed by atoms with Crippen LogP contribution in [-0.2, 0) is 23.9 Å². The predicted octanol–water partition coefficient (Wildman–Crippen LogP) is 2.32. The van der Waals surface area contributed by atoms with Gasteiger partial charge in [-0.05, 0) is 38.8 Å². The molecular weight excluding hydrogens is 388 g/mol. The summed E-state index contributed by atoms with van der Waals surface area (Å²) < 4.78 is 5.14. The first-order chi connectivity index (χ1) is 14.3. The average molecular weight is 414 g/mol. The number of rotatable bonds is 7. The summed E-state index contributed by atoms with van der Waals surface area (Å²) in [5.74, 6) is -2.23. The molecule has 0 spiro atoms. The monoisotopic (exact) mass is 414 g/mol. The number of Topliss-reactive ketones (excluding diaryl/α,β-unsaturated/α-hetero) is 1. The van der Waals surface area contributed by atoms with Crippen LogP contribution >= 0.6 is 0 Å². The Labute approximate surface area is 174 Å². The molecule has 1 aliphatic carbocycles. The number of imide groups is 1. The topological polar surface area (TPSA) is 110 Å². The number of hydrogen-bond acceptors (Lipinski definition) is 6. The van der Waals surface area contributed by atoms with Gasteiger partial charge in [-0.2, -0.15) is 0 Å². The van der Waals surface area contributed by atoms with Gasteiger partial charge in [0.2, 0.25) is 11.8 Å². The zero-order chi connectivity index (χ0) is 21.8. The van der Waals surface area contributed by atoms with Gasteiger partial charge in [0.25, 0.3) is 5.91 Å². The van der Waals surface area contributed by atoms with E-state index in [1.165, 1.54) is 18.7 Å². The smallest absolute Gasteiger partial charge is 0.308 e. The number of hydrogen-bond donors (Lipinski definition) is 1. The lowest BCUT2D eigenvalue weighted by Crippen LogP contribution is -2.35. The van der Waals surface area contributed by atoms with E-state index in [1.54, 1.807) is 24.3 Å². The number of ketones is 1. The van der Waals surface area contributed by atoms with Gasteiger partial charge in [-0.15, -0.1) is 0 Å². The molecule has 3 amide bonds. The number of carbonyl (C=O) groups excluding carboxylic acids is 5. The molecule has 1 aromatic rings. The van der Waals surface area contributed by atoms with Crippen LogP contribution in [0.3, 0.4) is 0 Å². The van der Waals surface area contributed by atoms with E-state index in [0.29, 0.717) is 11.3 Å². The highest BCUT2D eigenvalue weighted by atomic mass is 16.5. The van der Waals surface area contributed by atoms with Gasteiger partial charge in [0, 0.05) is 17.8 Å². The fraction of sp³-hybridized carbons (Fsp3) is 0.500. The maximum absolute atomic E-state index is 12.4. The van der Waals surface area contributed by atoms with Crippen molar-refractivity contribution in [2.45, 2.75) is 52.1 Å². The molecule has 1 N–H and O–H groups in total. The molecule has 0 radical (unpaired) electrons. The zero-order valence-electron chi connectivity index (χ0n) is 17.2. The van der Waals surface area contributed by atoms with E-state index in [0.717, 1.165) is 25.7 Å². The van der Waals surface area contributed by atoms with Crippen LogP contribution in [0.25, 0.3) is 0 Å². The van der Waals surface area contributed by atoms with Crippen LogP contribution in [0.4, 0.5) is 5.69 Å². The molecule has 1 saturated carbocycles. The molecule has 8 heteroatoms. The number of nitrogens with zero attached hydrogens (tertiary/aromatic N) is 1. The standard InChI is InChI=1S/C22H26N2O6/c1-13(25)15-6-5-7-16(12-15)23-20(27)14(2)30-19(26)10-11-24-21(28)17-8-3-4-9-18(17)22(24)29/h5-7,12,14,17-18H,3-4,8-11H2,1-2H3,(H,23,27)/t14-,17-,18-/m0/s1. The van der Waals surface area contributed by atoms with Crippen LogP contribution < -0.4 is 5.32 Å². The number of nitrogens with one attached hydrogen (secondary N) is 1. The SMILES string of the molecule is CC(=O)c1cccc(NC(=O)[C@H](C)OC(=O)CCN2C(=O)[C@H]3CCCC[C@@H]3C2=O)c1. The van der Waals surface area contributed by atoms with Crippen molar-refractivity contribution in [3.05, 3.63) is 29.8 Å². The number of esters is 1. The van der Waals surface area contributed by atoms with E-state index in [-0.39, 0.29) is 42.4 Å². The first-order valence-corrected chi connectivity index (χ1v) is 10.2. The first kappa shape index (κ1) is 21.7. The highest BCUT2D eigenvalue weighted by Crippen LogP contribution is 2.37. The van der Waals surface area contributed by atoms with E-state index in [4.69, 9.17) is 4.74 Å².